The minimum absolute atomic E-state index is 0.0456. The summed E-state index contributed by atoms with van der Waals surface area (Å²) in [4.78, 5) is 11.2. The molecule has 0 spiro atoms. The molecule has 4 heteroatoms. The van der Waals surface area contributed by atoms with Crippen molar-refractivity contribution in [1.82, 2.24) is 5.32 Å². The van der Waals surface area contributed by atoms with Crippen LogP contribution in [0.5, 0.6) is 0 Å². The zero-order valence-electron chi connectivity index (χ0n) is 9.35. The Kier molecular flexibility index (Phi) is 5.36. The van der Waals surface area contributed by atoms with Crippen LogP contribution in [0.4, 0.5) is 4.79 Å². The third-order valence-electron chi connectivity index (χ3n) is 2.12. The number of nitrogens with one attached hydrogen (secondary N) is 1. The molecule has 4 nitrogen and oxygen atoms in total. The molecular formula is C12H17NO3. The van der Waals surface area contributed by atoms with Crippen molar-refractivity contribution in [3.8, 4) is 0 Å². The van der Waals surface area contributed by atoms with Gasteiger partial charge >= 0.3 is 6.09 Å². The van der Waals surface area contributed by atoms with Crippen LogP contribution in [0.15, 0.2) is 30.3 Å². The van der Waals surface area contributed by atoms with Gasteiger partial charge in [-0.15, -0.1) is 0 Å². The van der Waals surface area contributed by atoms with E-state index >= 15 is 0 Å². The molecule has 0 bridgehead atoms. The van der Waals surface area contributed by atoms with Gasteiger partial charge in [-0.05, 0) is 11.5 Å². The average Bonchev–Trinajstić information content (AvgIpc) is 2.34. The van der Waals surface area contributed by atoms with Crippen LogP contribution in [0, 0.1) is 5.92 Å². The molecule has 0 aromatic heterocycles. The summed E-state index contributed by atoms with van der Waals surface area (Å²) in [6.45, 7) is 2.58. The van der Waals surface area contributed by atoms with Crippen molar-refractivity contribution in [2.45, 2.75) is 13.5 Å². The lowest BCUT2D eigenvalue weighted by Gasteiger charge is -2.10. The number of ether oxygens (including phenoxy) is 1. The molecule has 88 valence electrons. The first-order valence-electron chi connectivity index (χ1n) is 5.27. The lowest BCUT2D eigenvalue weighted by Crippen LogP contribution is -2.29. The fourth-order valence-corrected chi connectivity index (χ4v) is 1.10. The first kappa shape index (κ1) is 12.5. The van der Waals surface area contributed by atoms with E-state index in [0.717, 1.165) is 5.56 Å². The Morgan fingerprint density at radius 1 is 1.44 bits per heavy atom. The van der Waals surface area contributed by atoms with Gasteiger partial charge in [0.05, 0.1) is 0 Å². The van der Waals surface area contributed by atoms with E-state index in [0.29, 0.717) is 6.54 Å². The highest BCUT2D eigenvalue weighted by Gasteiger charge is 2.05. The summed E-state index contributed by atoms with van der Waals surface area (Å²) in [7, 11) is 0. The van der Waals surface area contributed by atoms with Gasteiger partial charge in [-0.1, -0.05) is 37.3 Å². The number of hydrogen-bond acceptors (Lipinski definition) is 3. The molecule has 1 rings (SSSR count). The lowest BCUT2D eigenvalue weighted by atomic mass is 10.2. The fraction of sp³-hybridized carbons (Fsp3) is 0.417. The highest BCUT2D eigenvalue weighted by Crippen LogP contribution is 2.00. The largest absolute Gasteiger partial charge is 0.445 e. The monoisotopic (exact) mass is 223 g/mol. The van der Waals surface area contributed by atoms with Gasteiger partial charge in [0.15, 0.2) is 0 Å². The van der Waals surface area contributed by atoms with Gasteiger partial charge in [-0.25, -0.2) is 4.79 Å². The summed E-state index contributed by atoms with van der Waals surface area (Å²) < 4.78 is 4.99. The van der Waals surface area contributed by atoms with Gasteiger partial charge < -0.3 is 15.2 Å². The third kappa shape index (κ3) is 4.79. The van der Waals surface area contributed by atoms with Crippen LogP contribution in [-0.4, -0.2) is 24.4 Å². The van der Waals surface area contributed by atoms with Gasteiger partial charge in [0.25, 0.3) is 0 Å². The number of aliphatic hydroxyl groups excluding tert-OH is 1. The highest BCUT2D eigenvalue weighted by molar-refractivity contribution is 5.67. The Hall–Kier alpha value is -1.55. The molecular weight excluding hydrogens is 206 g/mol. The van der Waals surface area contributed by atoms with Crippen LogP contribution >= 0.6 is 0 Å². The molecule has 0 heterocycles. The predicted molar refractivity (Wildman–Crippen MR) is 60.9 cm³/mol. The number of carbonyl (C=O) groups is 1. The molecule has 1 amide bonds. The van der Waals surface area contributed by atoms with Crippen molar-refractivity contribution in [3.63, 3.8) is 0 Å². The smallest absolute Gasteiger partial charge is 0.407 e. The summed E-state index contributed by atoms with van der Waals surface area (Å²) in [6, 6.07) is 9.48. The molecule has 0 saturated heterocycles. The van der Waals surface area contributed by atoms with Gasteiger partial charge in [0.2, 0.25) is 0 Å². The summed E-state index contributed by atoms with van der Waals surface area (Å²) in [5.74, 6) is 0.0456. The van der Waals surface area contributed by atoms with Gasteiger partial charge in [-0.3, -0.25) is 0 Å². The SMILES string of the molecule is C[C@@H](CO)CNC(=O)OCc1ccccc1. The van der Waals surface area contributed by atoms with Gasteiger partial charge in [0, 0.05) is 13.2 Å². The molecule has 0 fully saturated rings. The molecule has 1 aromatic rings. The average molecular weight is 223 g/mol. The normalized spacial score (nSPS) is 11.9. The zero-order chi connectivity index (χ0) is 11.8. The van der Waals surface area contributed by atoms with Crippen LogP contribution < -0.4 is 5.32 Å². The quantitative estimate of drug-likeness (QED) is 0.796. The maximum atomic E-state index is 11.2. The van der Waals surface area contributed by atoms with Crippen LogP contribution in [0.1, 0.15) is 12.5 Å². The maximum Gasteiger partial charge on any atom is 0.407 e. The van der Waals surface area contributed by atoms with E-state index < -0.39 is 6.09 Å². The number of hydrogen-bond donors (Lipinski definition) is 2. The molecule has 0 unspecified atom stereocenters. The van der Waals surface area contributed by atoms with Gasteiger partial charge in [0.1, 0.15) is 6.61 Å². The molecule has 1 atom stereocenters. The Morgan fingerprint density at radius 3 is 2.75 bits per heavy atom. The number of carbonyl (C=O) groups excluding carboxylic acids is 1. The van der Waals surface area contributed by atoms with E-state index in [2.05, 4.69) is 5.32 Å². The fourth-order valence-electron chi connectivity index (χ4n) is 1.10. The van der Waals surface area contributed by atoms with Crippen molar-refractivity contribution in [2.24, 2.45) is 5.92 Å². The molecule has 16 heavy (non-hydrogen) atoms. The van der Waals surface area contributed by atoms with Crippen molar-refractivity contribution in [3.05, 3.63) is 35.9 Å². The highest BCUT2D eigenvalue weighted by atomic mass is 16.5. The van der Waals surface area contributed by atoms with Crippen LogP contribution in [0.3, 0.4) is 0 Å². The number of amides is 1. The lowest BCUT2D eigenvalue weighted by molar-refractivity contribution is 0.136. The Morgan fingerprint density at radius 2 is 2.12 bits per heavy atom. The maximum absolute atomic E-state index is 11.2. The molecule has 2 N–H and O–H groups in total. The number of aliphatic hydroxyl groups is 1. The number of alkyl carbamates (subject to hydrolysis) is 1. The second-order valence-electron chi connectivity index (χ2n) is 3.73. The molecule has 0 aliphatic carbocycles. The minimum atomic E-state index is -0.454. The topological polar surface area (TPSA) is 58.6 Å². The van der Waals surface area contributed by atoms with E-state index in [4.69, 9.17) is 9.84 Å². The Balaban J connectivity index is 2.20. The molecule has 0 aliphatic rings. The summed E-state index contributed by atoms with van der Waals surface area (Å²) >= 11 is 0. The van der Waals surface area contributed by atoms with E-state index in [1.165, 1.54) is 0 Å². The molecule has 0 radical (unpaired) electrons. The van der Waals surface area contributed by atoms with Crippen molar-refractivity contribution in [1.29, 1.82) is 0 Å². The zero-order valence-corrected chi connectivity index (χ0v) is 9.35. The Bertz CT molecular complexity index is 313. The number of rotatable bonds is 5. The molecule has 0 aliphatic heterocycles. The standard InChI is InChI=1S/C12H17NO3/c1-10(8-14)7-13-12(15)16-9-11-5-3-2-4-6-11/h2-6,10,14H,7-9H2,1H3,(H,13,15)/t10-/m1/s1. The van der Waals surface area contributed by atoms with Gasteiger partial charge in [-0.2, -0.15) is 0 Å². The van der Waals surface area contributed by atoms with E-state index in [1.807, 2.05) is 37.3 Å². The molecule has 0 saturated carbocycles. The first-order valence-corrected chi connectivity index (χ1v) is 5.27. The second kappa shape index (κ2) is 6.85. The van der Waals surface area contributed by atoms with E-state index in [1.54, 1.807) is 0 Å². The summed E-state index contributed by atoms with van der Waals surface area (Å²) in [5, 5.41) is 11.3. The summed E-state index contributed by atoms with van der Waals surface area (Å²) in [6.07, 6.45) is -0.454. The predicted octanol–water partition coefficient (Wildman–Crippen LogP) is 1.54. The van der Waals surface area contributed by atoms with Crippen LogP contribution in [-0.2, 0) is 11.3 Å². The Labute approximate surface area is 95.2 Å². The number of benzene rings is 1. The minimum Gasteiger partial charge on any atom is -0.445 e. The van der Waals surface area contributed by atoms with E-state index in [9.17, 15) is 4.79 Å². The third-order valence-corrected chi connectivity index (χ3v) is 2.12. The molecule has 1 aromatic carbocycles. The van der Waals surface area contributed by atoms with Crippen molar-refractivity contribution < 1.29 is 14.6 Å². The van der Waals surface area contributed by atoms with E-state index in [-0.39, 0.29) is 19.1 Å². The van der Waals surface area contributed by atoms with Crippen LogP contribution in [0.2, 0.25) is 0 Å². The van der Waals surface area contributed by atoms with Crippen LogP contribution in [0.25, 0.3) is 0 Å². The first-order chi connectivity index (χ1) is 7.72. The second-order valence-corrected chi connectivity index (χ2v) is 3.73. The van der Waals surface area contributed by atoms with Crippen molar-refractivity contribution >= 4 is 6.09 Å². The summed E-state index contributed by atoms with van der Waals surface area (Å²) in [5.41, 5.74) is 0.952. The van der Waals surface area contributed by atoms with Crippen molar-refractivity contribution in [2.75, 3.05) is 13.2 Å².